The molecule has 5 rings (SSSR count). The van der Waals surface area contributed by atoms with Gasteiger partial charge in [0.05, 0.1) is 21.5 Å². The van der Waals surface area contributed by atoms with Gasteiger partial charge in [0.1, 0.15) is 0 Å². The summed E-state index contributed by atoms with van der Waals surface area (Å²) in [6.07, 6.45) is 0. The van der Waals surface area contributed by atoms with E-state index in [4.69, 9.17) is 39.2 Å². The molecule has 0 aliphatic rings. The maximum Gasteiger partial charge on any atom is 0.251 e. The second-order valence-electron chi connectivity index (χ2n) is 7.13. The summed E-state index contributed by atoms with van der Waals surface area (Å²) in [5.74, 6) is 0.808. The van der Waals surface area contributed by atoms with Crippen LogP contribution in [0.5, 0.6) is 5.88 Å². The van der Waals surface area contributed by atoms with Gasteiger partial charge < -0.3 is 9.52 Å². The second kappa shape index (κ2) is 9.74. The third-order valence-electron chi connectivity index (χ3n) is 4.77. The molecule has 3 heterocycles. The average Bonchev–Trinajstić information content (AvgIpc) is 3.45. The summed E-state index contributed by atoms with van der Waals surface area (Å²) in [4.78, 5) is 13.9. The Morgan fingerprint density at radius 2 is 1.80 bits per heavy atom. The number of hydrogen-bond acceptors (Lipinski definition) is 8. The molecule has 0 fully saturated rings. The van der Waals surface area contributed by atoms with Crippen molar-refractivity contribution in [2.45, 2.75) is 10.9 Å². The molecule has 13 heteroatoms. The predicted octanol–water partition coefficient (Wildman–Crippen LogP) is 5.63. The number of aromatic nitrogens is 6. The van der Waals surface area contributed by atoms with Gasteiger partial charge in [-0.1, -0.05) is 58.7 Å². The second-order valence-corrected chi connectivity index (χ2v) is 9.32. The zero-order valence-corrected chi connectivity index (χ0v) is 20.5. The number of hydrogen-bond donors (Lipinski definition) is 2. The van der Waals surface area contributed by atoms with Crippen molar-refractivity contribution in [3.63, 3.8) is 0 Å². The first kappa shape index (κ1) is 23.4. The van der Waals surface area contributed by atoms with Gasteiger partial charge in [0.25, 0.3) is 5.56 Å². The van der Waals surface area contributed by atoms with Crippen molar-refractivity contribution in [2.75, 3.05) is 0 Å². The van der Waals surface area contributed by atoms with Gasteiger partial charge in [-0.2, -0.15) is 0 Å². The van der Waals surface area contributed by atoms with E-state index < -0.39 is 5.56 Å². The van der Waals surface area contributed by atoms with Crippen LogP contribution in [0.15, 0.2) is 69.0 Å². The van der Waals surface area contributed by atoms with Crippen molar-refractivity contribution in [1.29, 1.82) is 0 Å². The summed E-state index contributed by atoms with van der Waals surface area (Å²) in [5, 5.41) is 28.2. The molecular formula is C22H13Cl3N6O3S. The molecule has 0 spiro atoms. The zero-order chi connectivity index (χ0) is 24.5. The van der Waals surface area contributed by atoms with Crippen LogP contribution >= 0.6 is 46.6 Å². The summed E-state index contributed by atoms with van der Waals surface area (Å²) in [5.41, 5.74) is 1.10. The smallest absolute Gasteiger partial charge is 0.251 e. The summed E-state index contributed by atoms with van der Waals surface area (Å²) < 4.78 is 7.45. The third-order valence-corrected chi connectivity index (χ3v) is 6.55. The fourth-order valence-electron chi connectivity index (χ4n) is 3.27. The van der Waals surface area contributed by atoms with Gasteiger partial charge >= 0.3 is 0 Å². The lowest BCUT2D eigenvalue weighted by atomic mass is 10.2. The lowest BCUT2D eigenvalue weighted by molar-refractivity contribution is 0.451. The fraction of sp³-hybridized carbons (Fsp3) is 0.0455. The maximum atomic E-state index is 11.6. The standard InChI is InChI=1S/C22H13Cl3N6O3S/c23-12-5-6-13(15(25)9-12)20-28-30-22(31(20)16-4-2-1-3-14(16)24)35-10-19-27-29-21(34-19)11-7-17(32)26-18(33)8-11/h1-9H,10H2,(H2,26,32,33). The highest BCUT2D eigenvalue weighted by Gasteiger charge is 2.21. The van der Waals surface area contributed by atoms with Crippen LogP contribution in [-0.2, 0) is 5.75 Å². The number of nitrogens with one attached hydrogen (secondary N) is 1. The molecule has 0 bridgehead atoms. The Labute approximate surface area is 216 Å². The van der Waals surface area contributed by atoms with Crippen LogP contribution < -0.4 is 5.56 Å². The van der Waals surface area contributed by atoms with Crippen LogP contribution in [-0.4, -0.2) is 35.1 Å². The molecule has 0 saturated carbocycles. The summed E-state index contributed by atoms with van der Waals surface area (Å²) in [6.45, 7) is 0. The molecule has 9 nitrogen and oxygen atoms in total. The van der Waals surface area contributed by atoms with E-state index in [1.807, 2.05) is 18.2 Å². The number of pyridine rings is 1. The maximum absolute atomic E-state index is 11.6. The minimum absolute atomic E-state index is 0.100. The molecule has 3 aromatic heterocycles. The van der Waals surface area contributed by atoms with Crippen LogP contribution in [0.4, 0.5) is 0 Å². The molecular weight excluding hydrogens is 535 g/mol. The van der Waals surface area contributed by atoms with Crippen molar-refractivity contribution < 1.29 is 9.52 Å². The normalized spacial score (nSPS) is 11.2. The lowest BCUT2D eigenvalue weighted by Crippen LogP contribution is -2.03. The van der Waals surface area contributed by atoms with Gasteiger partial charge in [-0.25, -0.2) is 0 Å². The summed E-state index contributed by atoms with van der Waals surface area (Å²) in [7, 11) is 0. The minimum Gasteiger partial charge on any atom is -0.494 e. The predicted molar refractivity (Wildman–Crippen MR) is 133 cm³/mol. The van der Waals surface area contributed by atoms with E-state index in [1.54, 1.807) is 28.8 Å². The van der Waals surface area contributed by atoms with Crippen molar-refractivity contribution in [3.8, 4) is 34.4 Å². The van der Waals surface area contributed by atoms with Crippen molar-refractivity contribution in [2.24, 2.45) is 0 Å². The number of para-hydroxylation sites is 1. The van der Waals surface area contributed by atoms with Crippen LogP contribution in [0.2, 0.25) is 15.1 Å². The van der Waals surface area contributed by atoms with Crippen LogP contribution in [0.3, 0.4) is 0 Å². The molecule has 0 amide bonds. The van der Waals surface area contributed by atoms with Gasteiger partial charge in [0, 0.05) is 28.3 Å². The Balaban J connectivity index is 1.49. The Morgan fingerprint density at radius 3 is 2.57 bits per heavy atom. The van der Waals surface area contributed by atoms with Gasteiger partial charge in [-0.05, 0) is 30.3 Å². The molecule has 2 N–H and O–H groups in total. The number of halogens is 3. The van der Waals surface area contributed by atoms with E-state index in [2.05, 4.69) is 25.4 Å². The highest BCUT2D eigenvalue weighted by Crippen LogP contribution is 2.36. The molecule has 0 atom stereocenters. The molecule has 35 heavy (non-hydrogen) atoms. The van der Waals surface area contributed by atoms with Gasteiger partial charge in [-0.3, -0.25) is 14.3 Å². The molecule has 0 radical (unpaired) electrons. The van der Waals surface area contributed by atoms with Gasteiger partial charge in [0.15, 0.2) is 16.9 Å². The van der Waals surface area contributed by atoms with E-state index >= 15 is 0 Å². The Hall–Kier alpha value is -3.31. The van der Waals surface area contributed by atoms with E-state index in [0.717, 1.165) is 0 Å². The molecule has 0 aliphatic heterocycles. The first-order chi connectivity index (χ1) is 16.9. The Morgan fingerprint density at radius 1 is 0.971 bits per heavy atom. The molecule has 0 aliphatic carbocycles. The molecule has 176 valence electrons. The Kier molecular flexibility index (Phi) is 6.52. The quantitative estimate of drug-likeness (QED) is 0.262. The number of thioether (sulfide) groups is 1. The molecule has 5 aromatic rings. The van der Waals surface area contributed by atoms with E-state index in [1.165, 1.54) is 23.9 Å². The number of rotatable bonds is 6. The number of aromatic amines is 1. The van der Waals surface area contributed by atoms with Crippen LogP contribution in [0.25, 0.3) is 28.5 Å². The van der Waals surface area contributed by atoms with E-state index in [9.17, 15) is 9.90 Å². The highest BCUT2D eigenvalue weighted by molar-refractivity contribution is 7.98. The SMILES string of the molecule is O=c1cc(-c2nnc(CSc3nnc(-c4ccc(Cl)cc4Cl)n3-c3ccccc3Cl)o2)cc(O)[nH]1. The first-order valence-electron chi connectivity index (χ1n) is 9.93. The van der Waals surface area contributed by atoms with Crippen molar-refractivity contribution >= 4 is 46.6 Å². The minimum atomic E-state index is -0.490. The number of H-pyrrole nitrogens is 1. The Bertz CT molecular complexity index is 1600. The van der Waals surface area contributed by atoms with Crippen LogP contribution in [0, 0.1) is 0 Å². The first-order valence-corrected chi connectivity index (χ1v) is 12.1. The highest BCUT2D eigenvalue weighted by atomic mass is 35.5. The third kappa shape index (κ3) is 4.92. The molecule has 0 saturated heterocycles. The molecule has 0 unspecified atom stereocenters. The van der Waals surface area contributed by atoms with Crippen molar-refractivity contribution in [3.05, 3.63) is 85.9 Å². The largest absolute Gasteiger partial charge is 0.494 e. The number of nitrogens with zero attached hydrogens (tertiary/aromatic N) is 5. The average molecular weight is 548 g/mol. The van der Waals surface area contributed by atoms with Gasteiger partial charge in [0.2, 0.25) is 11.8 Å². The van der Waals surface area contributed by atoms with Crippen molar-refractivity contribution in [1.82, 2.24) is 29.9 Å². The number of benzene rings is 2. The number of aromatic hydroxyl groups is 1. The van der Waals surface area contributed by atoms with E-state index in [0.29, 0.717) is 42.9 Å². The molecule has 2 aromatic carbocycles. The topological polar surface area (TPSA) is 123 Å². The zero-order valence-electron chi connectivity index (χ0n) is 17.4. The fourth-order valence-corrected chi connectivity index (χ4v) is 4.76. The lowest BCUT2D eigenvalue weighted by Gasteiger charge is -2.12. The van der Waals surface area contributed by atoms with Gasteiger partial charge in [-0.15, -0.1) is 20.4 Å². The van der Waals surface area contributed by atoms with Crippen LogP contribution in [0.1, 0.15) is 5.89 Å². The monoisotopic (exact) mass is 546 g/mol. The summed E-state index contributed by atoms with van der Waals surface area (Å²) >= 11 is 20.3. The van der Waals surface area contributed by atoms with E-state index in [-0.39, 0.29) is 23.4 Å². The summed E-state index contributed by atoms with van der Waals surface area (Å²) in [6, 6.07) is 15.0.